The van der Waals surface area contributed by atoms with Crippen LogP contribution in [0.1, 0.15) is 54.1 Å². The molecule has 2 heterocycles. The Balaban J connectivity index is 2.00. The van der Waals surface area contributed by atoms with E-state index in [1.807, 2.05) is 11.0 Å². The maximum atomic E-state index is 12.6. The highest BCUT2D eigenvalue weighted by atomic mass is 32.1. The number of carbonyl (C=O) groups excluding carboxylic acids is 1. The SMILES string of the molecule is CCCN(CC1CCCCN1)C(=O)c1ccc(CC)s1. The molecule has 0 saturated carbocycles. The molecule has 0 spiro atoms. The summed E-state index contributed by atoms with van der Waals surface area (Å²) in [5.74, 6) is 0.212. The fourth-order valence-electron chi connectivity index (χ4n) is 2.73. The number of carbonyl (C=O) groups is 1. The van der Waals surface area contributed by atoms with E-state index in [1.165, 1.54) is 24.1 Å². The van der Waals surface area contributed by atoms with Crippen LogP contribution < -0.4 is 5.32 Å². The van der Waals surface area contributed by atoms with Crippen LogP contribution in [0.2, 0.25) is 0 Å². The van der Waals surface area contributed by atoms with Crippen LogP contribution in [0.3, 0.4) is 0 Å². The molecule has 1 atom stereocenters. The summed E-state index contributed by atoms with van der Waals surface area (Å²) in [7, 11) is 0. The molecule has 112 valence electrons. The van der Waals surface area contributed by atoms with Gasteiger partial charge in [-0.05, 0) is 44.4 Å². The largest absolute Gasteiger partial charge is 0.336 e. The van der Waals surface area contributed by atoms with E-state index >= 15 is 0 Å². The molecule has 1 aliphatic rings. The van der Waals surface area contributed by atoms with Crippen LogP contribution in [0.5, 0.6) is 0 Å². The molecule has 1 unspecified atom stereocenters. The van der Waals surface area contributed by atoms with Crippen molar-refractivity contribution >= 4 is 17.2 Å². The van der Waals surface area contributed by atoms with E-state index in [-0.39, 0.29) is 5.91 Å². The third-order valence-electron chi connectivity index (χ3n) is 3.85. The second-order valence-corrected chi connectivity index (χ2v) is 6.69. The molecule has 0 radical (unpaired) electrons. The van der Waals surface area contributed by atoms with E-state index in [2.05, 4.69) is 25.2 Å². The number of nitrogens with zero attached hydrogens (tertiary/aromatic N) is 1. The minimum absolute atomic E-state index is 0.212. The van der Waals surface area contributed by atoms with Crippen molar-refractivity contribution in [3.05, 3.63) is 21.9 Å². The first-order valence-corrected chi connectivity index (χ1v) is 8.67. The Morgan fingerprint density at radius 2 is 2.25 bits per heavy atom. The summed E-state index contributed by atoms with van der Waals surface area (Å²) in [6, 6.07) is 4.55. The molecular formula is C16H26N2OS. The standard InChI is InChI=1S/C16H26N2OS/c1-3-11-18(12-13-7-5-6-10-17-13)16(19)15-9-8-14(4-2)20-15/h8-9,13,17H,3-7,10-12H2,1-2H3. The van der Waals surface area contributed by atoms with Gasteiger partial charge in [-0.1, -0.05) is 20.3 Å². The third kappa shape index (κ3) is 4.06. The topological polar surface area (TPSA) is 32.3 Å². The van der Waals surface area contributed by atoms with Crippen LogP contribution in [0.25, 0.3) is 0 Å². The molecule has 20 heavy (non-hydrogen) atoms. The zero-order chi connectivity index (χ0) is 14.4. The number of aryl methyl sites for hydroxylation is 1. The highest BCUT2D eigenvalue weighted by Gasteiger charge is 2.21. The molecule has 2 rings (SSSR count). The lowest BCUT2D eigenvalue weighted by Crippen LogP contribution is -2.45. The molecule has 1 saturated heterocycles. The lowest BCUT2D eigenvalue weighted by molar-refractivity contribution is 0.0736. The minimum Gasteiger partial charge on any atom is -0.336 e. The zero-order valence-corrected chi connectivity index (χ0v) is 13.5. The highest BCUT2D eigenvalue weighted by Crippen LogP contribution is 2.20. The monoisotopic (exact) mass is 294 g/mol. The van der Waals surface area contributed by atoms with Crippen LogP contribution in [0.15, 0.2) is 12.1 Å². The van der Waals surface area contributed by atoms with Crippen molar-refractivity contribution in [1.29, 1.82) is 0 Å². The fourth-order valence-corrected chi connectivity index (χ4v) is 3.65. The van der Waals surface area contributed by atoms with Gasteiger partial charge in [0.2, 0.25) is 0 Å². The summed E-state index contributed by atoms with van der Waals surface area (Å²) in [6.45, 7) is 7.08. The number of piperidine rings is 1. The Hall–Kier alpha value is -0.870. The second-order valence-electron chi connectivity index (χ2n) is 5.52. The Bertz CT molecular complexity index is 424. The summed E-state index contributed by atoms with van der Waals surface area (Å²) in [5.41, 5.74) is 0. The van der Waals surface area contributed by atoms with Gasteiger partial charge in [0, 0.05) is 24.0 Å². The summed E-state index contributed by atoms with van der Waals surface area (Å²) in [4.78, 5) is 16.9. The van der Waals surface area contributed by atoms with E-state index in [4.69, 9.17) is 0 Å². The Labute approximate surface area is 126 Å². The molecule has 0 aliphatic carbocycles. The number of hydrogen-bond donors (Lipinski definition) is 1. The van der Waals surface area contributed by atoms with Gasteiger partial charge in [-0.2, -0.15) is 0 Å². The Kier molecular flexibility index (Phi) is 6.05. The molecule has 1 aliphatic heterocycles. The van der Waals surface area contributed by atoms with Crippen molar-refractivity contribution in [1.82, 2.24) is 10.2 Å². The molecule has 1 fully saturated rings. The van der Waals surface area contributed by atoms with Crippen molar-refractivity contribution in [3.8, 4) is 0 Å². The lowest BCUT2D eigenvalue weighted by Gasteiger charge is -2.30. The Morgan fingerprint density at radius 3 is 2.85 bits per heavy atom. The highest BCUT2D eigenvalue weighted by molar-refractivity contribution is 7.14. The number of rotatable bonds is 6. The van der Waals surface area contributed by atoms with Crippen molar-refractivity contribution in [2.45, 2.75) is 52.0 Å². The van der Waals surface area contributed by atoms with Gasteiger partial charge in [0.05, 0.1) is 4.88 Å². The predicted molar refractivity (Wildman–Crippen MR) is 85.5 cm³/mol. The average Bonchev–Trinajstić information content (AvgIpc) is 2.96. The molecule has 1 aromatic heterocycles. The fraction of sp³-hybridized carbons (Fsp3) is 0.688. The van der Waals surface area contributed by atoms with E-state index < -0.39 is 0 Å². The number of nitrogens with one attached hydrogen (secondary N) is 1. The molecule has 1 N–H and O–H groups in total. The number of thiophene rings is 1. The first kappa shape index (κ1) is 15.5. The summed E-state index contributed by atoms with van der Waals surface area (Å²) in [5, 5.41) is 3.54. The number of hydrogen-bond acceptors (Lipinski definition) is 3. The first-order chi connectivity index (χ1) is 9.74. The maximum absolute atomic E-state index is 12.6. The molecular weight excluding hydrogens is 268 g/mol. The summed E-state index contributed by atoms with van der Waals surface area (Å²) >= 11 is 1.65. The van der Waals surface area contributed by atoms with Gasteiger partial charge in [-0.15, -0.1) is 11.3 Å². The lowest BCUT2D eigenvalue weighted by atomic mass is 10.0. The molecule has 1 aromatic rings. The third-order valence-corrected chi connectivity index (χ3v) is 5.07. The number of amides is 1. The molecule has 0 aromatic carbocycles. The van der Waals surface area contributed by atoms with Crippen molar-refractivity contribution in [2.75, 3.05) is 19.6 Å². The molecule has 3 nitrogen and oxygen atoms in total. The van der Waals surface area contributed by atoms with Crippen molar-refractivity contribution < 1.29 is 4.79 Å². The van der Waals surface area contributed by atoms with Crippen LogP contribution in [0, 0.1) is 0 Å². The Morgan fingerprint density at radius 1 is 1.40 bits per heavy atom. The van der Waals surface area contributed by atoms with E-state index in [0.29, 0.717) is 6.04 Å². The first-order valence-electron chi connectivity index (χ1n) is 7.86. The van der Waals surface area contributed by atoms with Crippen LogP contribution in [-0.4, -0.2) is 36.5 Å². The van der Waals surface area contributed by atoms with E-state index in [1.54, 1.807) is 11.3 Å². The van der Waals surface area contributed by atoms with Crippen LogP contribution in [-0.2, 0) is 6.42 Å². The van der Waals surface area contributed by atoms with Gasteiger partial charge in [0.15, 0.2) is 0 Å². The maximum Gasteiger partial charge on any atom is 0.263 e. The van der Waals surface area contributed by atoms with Gasteiger partial charge in [-0.3, -0.25) is 4.79 Å². The minimum atomic E-state index is 0.212. The predicted octanol–water partition coefficient (Wildman–Crippen LogP) is 3.30. The normalized spacial score (nSPS) is 19.0. The van der Waals surface area contributed by atoms with E-state index in [9.17, 15) is 4.79 Å². The zero-order valence-electron chi connectivity index (χ0n) is 12.7. The van der Waals surface area contributed by atoms with Crippen LogP contribution >= 0.6 is 11.3 Å². The smallest absolute Gasteiger partial charge is 0.263 e. The van der Waals surface area contributed by atoms with Gasteiger partial charge < -0.3 is 10.2 Å². The summed E-state index contributed by atoms with van der Waals surface area (Å²) in [6.07, 6.45) is 5.77. The van der Waals surface area contributed by atoms with Crippen molar-refractivity contribution in [2.24, 2.45) is 0 Å². The van der Waals surface area contributed by atoms with Crippen molar-refractivity contribution in [3.63, 3.8) is 0 Å². The average molecular weight is 294 g/mol. The van der Waals surface area contributed by atoms with Gasteiger partial charge >= 0.3 is 0 Å². The second kappa shape index (κ2) is 7.79. The van der Waals surface area contributed by atoms with E-state index in [0.717, 1.165) is 37.4 Å². The summed E-state index contributed by atoms with van der Waals surface area (Å²) < 4.78 is 0. The molecule has 1 amide bonds. The molecule has 4 heteroatoms. The van der Waals surface area contributed by atoms with Crippen LogP contribution in [0.4, 0.5) is 0 Å². The molecule has 0 bridgehead atoms. The van der Waals surface area contributed by atoms with Gasteiger partial charge in [-0.25, -0.2) is 0 Å². The quantitative estimate of drug-likeness (QED) is 0.873. The van der Waals surface area contributed by atoms with Gasteiger partial charge in [0.1, 0.15) is 0 Å². The van der Waals surface area contributed by atoms with Gasteiger partial charge in [0.25, 0.3) is 5.91 Å².